The number of carbonyl (C=O) groups is 1. The summed E-state index contributed by atoms with van der Waals surface area (Å²) >= 11 is 0. The smallest absolute Gasteiger partial charge is 0.404 e. The molecule has 0 atom stereocenters. The van der Waals surface area contributed by atoms with Crippen LogP contribution in [0.15, 0.2) is 48.6 Å². The molecule has 0 aromatic rings. The Hall–Kier alpha value is -1.77. The third-order valence-electron chi connectivity index (χ3n) is 3.47. The van der Waals surface area contributed by atoms with Gasteiger partial charge in [-0.15, -0.1) is 0 Å². The summed E-state index contributed by atoms with van der Waals surface area (Å²) in [5.41, 5.74) is 4.88. The summed E-state index contributed by atoms with van der Waals surface area (Å²) in [5, 5.41) is 0. The van der Waals surface area contributed by atoms with E-state index < -0.39 is 6.09 Å². The van der Waals surface area contributed by atoms with Crippen molar-refractivity contribution in [3.63, 3.8) is 0 Å². The third kappa shape index (κ3) is 20.2. The van der Waals surface area contributed by atoms with Crippen molar-refractivity contribution in [3.05, 3.63) is 48.6 Å². The van der Waals surface area contributed by atoms with E-state index in [-0.39, 0.29) is 0 Å². The van der Waals surface area contributed by atoms with Crippen molar-refractivity contribution in [1.29, 1.82) is 0 Å². The van der Waals surface area contributed by atoms with Crippen molar-refractivity contribution in [2.45, 2.75) is 71.1 Å². The van der Waals surface area contributed by atoms with Gasteiger partial charge in [-0.3, -0.25) is 0 Å². The second-order valence-corrected chi connectivity index (χ2v) is 5.75. The number of unbranched alkanes of at least 4 members (excludes halogenated alkanes) is 5. The topological polar surface area (TPSA) is 52.3 Å². The minimum atomic E-state index is -0.687. The minimum absolute atomic E-state index is 0.420. The molecule has 0 fully saturated rings. The average molecular weight is 334 g/mol. The van der Waals surface area contributed by atoms with E-state index in [2.05, 4.69) is 60.3 Å². The van der Waals surface area contributed by atoms with Crippen molar-refractivity contribution in [3.8, 4) is 0 Å². The van der Waals surface area contributed by atoms with E-state index in [1.165, 1.54) is 25.7 Å². The van der Waals surface area contributed by atoms with Crippen LogP contribution in [0.2, 0.25) is 0 Å². The van der Waals surface area contributed by atoms with Gasteiger partial charge < -0.3 is 10.5 Å². The summed E-state index contributed by atoms with van der Waals surface area (Å²) in [5.74, 6) is 0. The number of ether oxygens (including phenoxy) is 1. The van der Waals surface area contributed by atoms with Gasteiger partial charge in [-0.05, 0) is 51.4 Å². The predicted molar refractivity (Wildman–Crippen MR) is 104 cm³/mol. The molecule has 0 heterocycles. The molecule has 0 aromatic carbocycles. The second-order valence-electron chi connectivity index (χ2n) is 5.75. The first-order chi connectivity index (χ1) is 11.8. The van der Waals surface area contributed by atoms with Gasteiger partial charge in [0.1, 0.15) is 0 Å². The summed E-state index contributed by atoms with van der Waals surface area (Å²) in [6.45, 7) is 2.66. The van der Waals surface area contributed by atoms with Crippen LogP contribution in [0, 0.1) is 0 Å². The Kier molecular flexibility index (Phi) is 17.9. The molecular formula is C21H35NO2. The maximum Gasteiger partial charge on any atom is 0.404 e. The quantitative estimate of drug-likeness (QED) is 0.285. The Labute approximate surface area is 148 Å². The zero-order valence-electron chi connectivity index (χ0n) is 15.3. The van der Waals surface area contributed by atoms with Crippen molar-refractivity contribution < 1.29 is 9.53 Å². The van der Waals surface area contributed by atoms with Gasteiger partial charge in [0.05, 0.1) is 6.61 Å². The molecule has 0 aromatic heterocycles. The van der Waals surface area contributed by atoms with Gasteiger partial charge in [0, 0.05) is 0 Å². The van der Waals surface area contributed by atoms with Crippen LogP contribution in [-0.2, 0) is 4.74 Å². The SMILES string of the molecule is CCCCCC=CCC=CCC=CCC=CCCCCOC(N)=O. The van der Waals surface area contributed by atoms with Crippen LogP contribution in [0.3, 0.4) is 0 Å². The fourth-order valence-electron chi connectivity index (χ4n) is 2.10. The highest BCUT2D eigenvalue weighted by molar-refractivity contribution is 5.64. The fourth-order valence-corrected chi connectivity index (χ4v) is 2.10. The summed E-state index contributed by atoms with van der Waals surface area (Å²) in [4.78, 5) is 10.4. The maximum atomic E-state index is 10.4. The highest BCUT2D eigenvalue weighted by Crippen LogP contribution is 2.01. The van der Waals surface area contributed by atoms with Crippen LogP contribution < -0.4 is 5.73 Å². The molecule has 0 bridgehead atoms. The highest BCUT2D eigenvalue weighted by Gasteiger charge is 1.91. The van der Waals surface area contributed by atoms with E-state index in [1.807, 2.05) is 0 Å². The number of hydrogen-bond donors (Lipinski definition) is 1. The first kappa shape index (κ1) is 22.2. The highest BCUT2D eigenvalue weighted by atomic mass is 16.5. The zero-order chi connectivity index (χ0) is 17.7. The Balaban J connectivity index is 3.37. The van der Waals surface area contributed by atoms with Gasteiger partial charge in [0.15, 0.2) is 0 Å². The van der Waals surface area contributed by atoms with Gasteiger partial charge in [-0.2, -0.15) is 0 Å². The summed E-state index contributed by atoms with van der Waals surface area (Å²) < 4.78 is 4.66. The number of amides is 1. The molecule has 0 spiro atoms. The van der Waals surface area contributed by atoms with E-state index in [0.29, 0.717) is 6.61 Å². The number of hydrogen-bond acceptors (Lipinski definition) is 2. The molecule has 3 nitrogen and oxygen atoms in total. The molecule has 136 valence electrons. The Morgan fingerprint density at radius 2 is 1.21 bits per heavy atom. The lowest BCUT2D eigenvalue weighted by atomic mass is 10.2. The van der Waals surface area contributed by atoms with Crippen LogP contribution >= 0.6 is 0 Å². The largest absolute Gasteiger partial charge is 0.450 e. The van der Waals surface area contributed by atoms with Crippen LogP contribution in [0.1, 0.15) is 71.1 Å². The minimum Gasteiger partial charge on any atom is -0.450 e. The number of rotatable bonds is 15. The first-order valence-corrected chi connectivity index (χ1v) is 9.29. The second kappa shape index (κ2) is 19.3. The number of nitrogens with two attached hydrogens (primary N) is 1. The van der Waals surface area contributed by atoms with Gasteiger partial charge >= 0.3 is 6.09 Å². The number of primary amides is 1. The summed E-state index contributed by atoms with van der Waals surface area (Å²) in [6.07, 6.45) is 28.1. The predicted octanol–water partition coefficient (Wildman–Crippen LogP) is 6.23. The van der Waals surface area contributed by atoms with E-state index in [9.17, 15) is 4.79 Å². The molecule has 2 N–H and O–H groups in total. The van der Waals surface area contributed by atoms with Crippen molar-refractivity contribution in [1.82, 2.24) is 0 Å². The number of allylic oxidation sites excluding steroid dienone is 8. The third-order valence-corrected chi connectivity index (χ3v) is 3.47. The zero-order valence-corrected chi connectivity index (χ0v) is 15.3. The van der Waals surface area contributed by atoms with Crippen molar-refractivity contribution in [2.75, 3.05) is 6.61 Å². The van der Waals surface area contributed by atoms with E-state index in [4.69, 9.17) is 5.73 Å². The van der Waals surface area contributed by atoms with E-state index in [0.717, 1.165) is 38.5 Å². The van der Waals surface area contributed by atoms with Gasteiger partial charge in [0.25, 0.3) is 0 Å². The van der Waals surface area contributed by atoms with Crippen molar-refractivity contribution >= 4 is 6.09 Å². The molecule has 0 saturated carbocycles. The number of carbonyl (C=O) groups excluding carboxylic acids is 1. The lowest BCUT2D eigenvalue weighted by molar-refractivity contribution is 0.154. The lowest BCUT2D eigenvalue weighted by Gasteiger charge is -1.98. The molecular weight excluding hydrogens is 298 g/mol. The lowest BCUT2D eigenvalue weighted by Crippen LogP contribution is -2.13. The normalized spacial score (nSPS) is 12.2. The summed E-state index contributed by atoms with van der Waals surface area (Å²) in [6, 6.07) is 0. The van der Waals surface area contributed by atoms with Gasteiger partial charge in [-0.1, -0.05) is 68.4 Å². The molecule has 0 aliphatic heterocycles. The van der Waals surface area contributed by atoms with Gasteiger partial charge in [-0.25, -0.2) is 4.79 Å². The standard InChI is InChI=1S/C21H35NO2/c1-2-3-4-5-6-7-8-9-10-11-12-13-14-15-16-17-18-19-20-24-21(22)23/h6-7,9-10,12-13,15-16H,2-5,8,11,14,17-20H2,1H3,(H2,22,23). The molecule has 0 unspecified atom stereocenters. The van der Waals surface area contributed by atoms with Crippen LogP contribution in [0.25, 0.3) is 0 Å². The van der Waals surface area contributed by atoms with Crippen LogP contribution in [-0.4, -0.2) is 12.7 Å². The Bertz CT molecular complexity index is 395. The van der Waals surface area contributed by atoms with E-state index >= 15 is 0 Å². The maximum absolute atomic E-state index is 10.4. The average Bonchev–Trinajstić information content (AvgIpc) is 2.56. The van der Waals surface area contributed by atoms with Crippen LogP contribution in [0.4, 0.5) is 4.79 Å². The molecule has 0 aliphatic rings. The molecule has 24 heavy (non-hydrogen) atoms. The summed E-state index contributed by atoms with van der Waals surface area (Å²) in [7, 11) is 0. The molecule has 0 radical (unpaired) electrons. The molecule has 0 aliphatic carbocycles. The first-order valence-electron chi connectivity index (χ1n) is 9.29. The van der Waals surface area contributed by atoms with Crippen molar-refractivity contribution in [2.24, 2.45) is 5.73 Å². The molecule has 0 saturated heterocycles. The Morgan fingerprint density at radius 3 is 1.67 bits per heavy atom. The fraction of sp³-hybridized carbons (Fsp3) is 0.571. The monoisotopic (exact) mass is 333 g/mol. The molecule has 0 rings (SSSR count). The van der Waals surface area contributed by atoms with Gasteiger partial charge in [0.2, 0.25) is 0 Å². The van der Waals surface area contributed by atoms with E-state index in [1.54, 1.807) is 0 Å². The Morgan fingerprint density at radius 1 is 0.750 bits per heavy atom. The molecule has 3 heteroatoms. The van der Waals surface area contributed by atoms with Crippen LogP contribution in [0.5, 0.6) is 0 Å². The molecule has 1 amide bonds.